The van der Waals surface area contributed by atoms with Crippen molar-refractivity contribution in [2.75, 3.05) is 6.61 Å². The Bertz CT molecular complexity index is 362. The third-order valence-corrected chi connectivity index (χ3v) is 3.69. The molecule has 2 rings (SSSR count). The molecule has 0 spiro atoms. The minimum absolute atomic E-state index is 0.333. The van der Waals surface area contributed by atoms with Crippen LogP contribution in [0.15, 0.2) is 24.3 Å². The summed E-state index contributed by atoms with van der Waals surface area (Å²) in [7, 11) is 0. The molecule has 0 saturated heterocycles. The van der Waals surface area contributed by atoms with Crippen LogP contribution in [-0.4, -0.2) is 11.7 Å². The Hall–Kier alpha value is -1.02. The molecule has 1 aliphatic carbocycles. The van der Waals surface area contributed by atoms with Crippen LogP contribution in [0.1, 0.15) is 44.8 Å². The fourth-order valence-electron chi connectivity index (χ4n) is 2.77. The van der Waals surface area contributed by atoms with Crippen LogP contribution in [0.4, 0.5) is 0 Å². The minimum Gasteiger partial charge on any atom is -0.494 e. The molecule has 2 nitrogen and oxygen atoms in total. The lowest BCUT2D eigenvalue weighted by Gasteiger charge is -2.19. The van der Waals surface area contributed by atoms with Crippen molar-refractivity contribution in [3.63, 3.8) is 0 Å². The summed E-state index contributed by atoms with van der Waals surface area (Å²) in [6.45, 7) is 4.91. The number of rotatable bonds is 4. The average molecular weight is 234 g/mol. The van der Waals surface area contributed by atoms with E-state index in [1.165, 1.54) is 6.42 Å². The lowest BCUT2D eigenvalue weighted by molar-refractivity contribution is 0.109. The maximum atomic E-state index is 10.4. The number of benzene rings is 1. The van der Waals surface area contributed by atoms with Crippen LogP contribution in [0, 0.1) is 11.8 Å². The largest absolute Gasteiger partial charge is 0.494 e. The van der Waals surface area contributed by atoms with Gasteiger partial charge in [0.05, 0.1) is 12.7 Å². The SMILES string of the molecule is CCOc1cccc(C(O)C2CCC(C)C2)c1. The summed E-state index contributed by atoms with van der Waals surface area (Å²) in [5.41, 5.74) is 0.995. The lowest BCUT2D eigenvalue weighted by atomic mass is 9.93. The molecular formula is C15H22O2. The molecule has 2 heteroatoms. The Labute approximate surface area is 104 Å². The first-order chi connectivity index (χ1) is 8.20. The van der Waals surface area contributed by atoms with Gasteiger partial charge in [-0.05, 0) is 49.3 Å². The van der Waals surface area contributed by atoms with E-state index in [-0.39, 0.29) is 6.10 Å². The summed E-state index contributed by atoms with van der Waals surface area (Å²) < 4.78 is 5.47. The molecular weight excluding hydrogens is 212 g/mol. The second-order valence-electron chi connectivity index (χ2n) is 5.13. The van der Waals surface area contributed by atoms with E-state index in [0.717, 1.165) is 30.1 Å². The van der Waals surface area contributed by atoms with E-state index < -0.39 is 0 Å². The van der Waals surface area contributed by atoms with Gasteiger partial charge in [0, 0.05) is 0 Å². The van der Waals surface area contributed by atoms with Gasteiger partial charge in [-0.2, -0.15) is 0 Å². The van der Waals surface area contributed by atoms with Gasteiger partial charge in [-0.25, -0.2) is 0 Å². The van der Waals surface area contributed by atoms with Gasteiger partial charge < -0.3 is 9.84 Å². The smallest absolute Gasteiger partial charge is 0.119 e. The molecule has 0 heterocycles. The van der Waals surface area contributed by atoms with Gasteiger partial charge in [-0.15, -0.1) is 0 Å². The van der Waals surface area contributed by atoms with Crippen LogP contribution >= 0.6 is 0 Å². The normalized spacial score (nSPS) is 25.8. The molecule has 1 aromatic carbocycles. The van der Waals surface area contributed by atoms with E-state index in [4.69, 9.17) is 4.74 Å². The Balaban J connectivity index is 2.07. The minimum atomic E-state index is -0.333. The molecule has 0 radical (unpaired) electrons. The fourth-order valence-corrected chi connectivity index (χ4v) is 2.77. The van der Waals surface area contributed by atoms with Gasteiger partial charge in [-0.3, -0.25) is 0 Å². The van der Waals surface area contributed by atoms with E-state index in [1.54, 1.807) is 0 Å². The maximum Gasteiger partial charge on any atom is 0.119 e. The first-order valence-electron chi connectivity index (χ1n) is 6.61. The molecule has 1 aliphatic rings. The summed E-state index contributed by atoms with van der Waals surface area (Å²) in [6.07, 6.45) is 3.19. The standard InChI is InChI=1S/C15H22O2/c1-3-17-14-6-4-5-12(10-14)15(16)13-8-7-11(2)9-13/h4-6,10-11,13,15-16H,3,7-9H2,1-2H3. The fraction of sp³-hybridized carbons (Fsp3) is 0.600. The van der Waals surface area contributed by atoms with Crippen molar-refractivity contribution < 1.29 is 9.84 Å². The van der Waals surface area contributed by atoms with Gasteiger partial charge in [0.15, 0.2) is 0 Å². The maximum absolute atomic E-state index is 10.4. The molecule has 3 atom stereocenters. The van der Waals surface area contributed by atoms with Gasteiger partial charge in [0.1, 0.15) is 5.75 Å². The van der Waals surface area contributed by atoms with Crippen molar-refractivity contribution in [3.05, 3.63) is 29.8 Å². The number of ether oxygens (including phenoxy) is 1. The summed E-state index contributed by atoms with van der Waals surface area (Å²) in [5, 5.41) is 10.4. The second-order valence-corrected chi connectivity index (χ2v) is 5.13. The second kappa shape index (κ2) is 5.54. The van der Waals surface area contributed by atoms with E-state index in [0.29, 0.717) is 12.5 Å². The number of hydrogen-bond donors (Lipinski definition) is 1. The van der Waals surface area contributed by atoms with Crippen LogP contribution in [0.2, 0.25) is 0 Å². The highest BCUT2D eigenvalue weighted by Crippen LogP contribution is 2.39. The summed E-state index contributed by atoms with van der Waals surface area (Å²) in [6, 6.07) is 7.87. The van der Waals surface area contributed by atoms with E-state index in [2.05, 4.69) is 6.92 Å². The predicted molar refractivity (Wildman–Crippen MR) is 69.1 cm³/mol. The molecule has 0 bridgehead atoms. The molecule has 17 heavy (non-hydrogen) atoms. The summed E-state index contributed by atoms with van der Waals surface area (Å²) >= 11 is 0. The summed E-state index contributed by atoms with van der Waals surface area (Å²) in [4.78, 5) is 0. The van der Waals surface area contributed by atoms with Crippen molar-refractivity contribution >= 4 is 0 Å². The van der Waals surface area contributed by atoms with Gasteiger partial charge in [0.2, 0.25) is 0 Å². The van der Waals surface area contributed by atoms with Gasteiger partial charge >= 0.3 is 0 Å². The van der Waals surface area contributed by atoms with Crippen molar-refractivity contribution in [2.45, 2.75) is 39.2 Å². The van der Waals surface area contributed by atoms with Crippen LogP contribution in [0.25, 0.3) is 0 Å². The molecule has 1 aromatic rings. The van der Waals surface area contributed by atoms with Crippen molar-refractivity contribution in [3.8, 4) is 5.75 Å². The molecule has 3 unspecified atom stereocenters. The van der Waals surface area contributed by atoms with Crippen molar-refractivity contribution in [1.82, 2.24) is 0 Å². The Kier molecular flexibility index (Phi) is 4.06. The molecule has 1 saturated carbocycles. The molecule has 0 aromatic heterocycles. The van der Waals surface area contributed by atoms with Gasteiger partial charge in [-0.1, -0.05) is 25.5 Å². The van der Waals surface area contributed by atoms with Crippen LogP contribution in [-0.2, 0) is 0 Å². The number of hydrogen-bond acceptors (Lipinski definition) is 2. The zero-order valence-corrected chi connectivity index (χ0v) is 10.7. The van der Waals surface area contributed by atoms with Crippen molar-refractivity contribution in [1.29, 1.82) is 0 Å². The zero-order chi connectivity index (χ0) is 12.3. The predicted octanol–water partition coefficient (Wildman–Crippen LogP) is 3.55. The Morgan fingerprint density at radius 2 is 2.24 bits per heavy atom. The molecule has 0 aliphatic heterocycles. The zero-order valence-electron chi connectivity index (χ0n) is 10.7. The van der Waals surface area contributed by atoms with E-state index in [9.17, 15) is 5.11 Å². The number of aliphatic hydroxyl groups excluding tert-OH is 1. The molecule has 94 valence electrons. The van der Waals surface area contributed by atoms with Crippen LogP contribution in [0.5, 0.6) is 5.75 Å². The topological polar surface area (TPSA) is 29.5 Å². The van der Waals surface area contributed by atoms with E-state index >= 15 is 0 Å². The highest BCUT2D eigenvalue weighted by Gasteiger charge is 2.28. The van der Waals surface area contributed by atoms with Crippen molar-refractivity contribution in [2.24, 2.45) is 11.8 Å². The molecule has 1 N–H and O–H groups in total. The third kappa shape index (κ3) is 3.01. The molecule has 1 fully saturated rings. The van der Waals surface area contributed by atoms with Crippen LogP contribution < -0.4 is 4.74 Å². The third-order valence-electron chi connectivity index (χ3n) is 3.69. The monoisotopic (exact) mass is 234 g/mol. The summed E-state index contributed by atoms with van der Waals surface area (Å²) in [5.74, 6) is 2.03. The number of aliphatic hydroxyl groups is 1. The van der Waals surface area contributed by atoms with Gasteiger partial charge in [0.25, 0.3) is 0 Å². The molecule has 0 amide bonds. The first-order valence-corrected chi connectivity index (χ1v) is 6.61. The average Bonchev–Trinajstić information content (AvgIpc) is 2.76. The highest BCUT2D eigenvalue weighted by molar-refractivity contribution is 5.30. The van der Waals surface area contributed by atoms with Crippen LogP contribution in [0.3, 0.4) is 0 Å². The van der Waals surface area contributed by atoms with E-state index in [1.807, 2.05) is 31.2 Å². The Morgan fingerprint density at radius 1 is 1.41 bits per heavy atom. The quantitative estimate of drug-likeness (QED) is 0.863. The lowest BCUT2D eigenvalue weighted by Crippen LogP contribution is -2.09. The first kappa shape index (κ1) is 12.4. The highest BCUT2D eigenvalue weighted by atomic mass is 16.5. The Morgan fingerprint density at radius 3 is 2.88 bits per heavy atom.